The topological polar surface area (TPSA) is 38.1 Å². The quantitative estimate of drug-likeness (QED) is 0.731. The fourth-order valence-corrected chi connectivity index (χ4v) is 2.72. The van der Waals surface area contributed by atoms with Gasteiger partial charge in [0.25, 0.3) is 5.91 Å². The van der Waals surface area contributed by atoms with Crippen LogP contribution in [0, 0.1) is 12.7 Å². The minimum atomic E-state index is -0.426. The van der Waals surface area contributed by atoms with E-state index < -0.39 is 5.82 Å². The van der Waals surface area contributed by atoms with Crippen LogP contribution in [0.1, 0.15) is 29.8 Å². The molecule has 0 aliphatic carbocycles. The van der Waals surface area contributed by atoms with E-state index in [2.05, 4.69) is 4.98 Å². The maximum atomic E-state index is 13.8. The van der Waals surface area contributed by atoms with Gasteiger partial charge in [0.15, 0.2) is 0 Å². The van der Waals surface area contributed by atoms with Gasteiger partial charge in [-0.1, -0.05) is 0 Å². The minimum absolute atomic E-state index is 0.0268. The number of nitrogens with zero attached hydrogens (tertiary/aromatic N) is 3. The summed E-state index contributed by atoms with van der Waals surface area (Å²) in [7, 11) is 1.72. The first-order valence-electron chi connectivity index (χ1n) is 7.89. The molecule has 1 aromatic carbocycles. The highest BCUT2D eigenvalue weighted by molar-refractivity contribution is 5.99. The number of rotatable bonds is 3. The van der Waals surface area contributed by atoms with E-state index in [9.17, 15) is 9.18 Å². The first-order chi connectivity index (χ1) is 11.4. The molecule has 0 spiro atoms. The van der Waals surface area contributed by atoms with Crippen molar-refractivity contribution in [2.75, 3.05) is 7.05 Å². The lowest BCUT2D eigenvalue weighted by molar-refractivity contribution is 0.0754. The van der Waals surface area contributed by atoms with Gasteiger partial charge in [-0.05, 0) is 50.6 Å². The number of benzene rings is 1. The Hall–Kier alpha value is -2.69. The van der Waals surface area contributed by atoms with Crippen LogP contribution in [-0.2, 0) is 0 Å². The first-order valence-corrected chi connectivity index (χ1v) is 7.89. The minimum Gasteiger partial charge on any atom is -0.339 e. The van der Waals surface area contributed by atoms with Gasteiger partial charge in [-0.2, -0.15) is 0 Å². The average molecular weight is 325 g/mol. The highest BCUT2D eigenvalue weighted by Gasteiger charge is 2.20. The third-order valence-electron chi connectivity index (χ3n) is 4.36. The van der Waals surface area contributed by atoms with Gasteiger partial charge in [-0.3, -0.25) is 9.78 Å². The fourth-order valence-electron chi connectivity index (χ4n) is 2.72. The maximum Gasteiger partial charge on any atom is 0.256 e. The molecule has 3 rings (SSSR count). The van der Waals surface area contributed by atoms with E-state index in [4.69, 9.17) is 0 Å². The molecule has 0 radical (unpaired) electrons. The third-order valence-corrected chi connectivity index (χ3v) is 4.36. The van der Waals surface area contributed by atoms with Crippen LogP contribution >= 0.6 is 0 Å². The molecule has 0 saturated carbocycles. The van der Waals surface area contributed by atoms with Gasteiger partial charge in [0, 0.05) is 30.9 Å². The molecule has 2 heterocycles. The largest absolute Gasteiger partial charge is 0.339 e. The normalized spacial score (nSPS) is 11.2. The van der Waals surface area contributed by atoms with Crippen LogP contribution in [0.2, 0.25) is 0 Å². The van der Waals surface area contributed by atoms with Crippen LogP contribution < -0.4 is 0 Å². The number of amides is 1. The summed E-state index contributed by atoms with van der Waals surface area (Å²) in [6.45, 7) is 5.84. The zero-order valence-corrected chi connectivity index (χ0v) is 14.2. The molecule has 4 nitrogen and oxygen atoms in total. The number of halogens is 1. The van der Waals surface area contributed by atoms with Gasteiger partial charge >= 0.3 is 0 Å². The Morgan fingerprint density at radius 3 is 2.71 bits per heavy atom. The summed E-state index contributed by atoms with van der Waals surface area (Å²) >= 11 is 0. The third kappa shape index (κ3) is 2.66. The number of aromatic nitrogens is 2. The van der Waals surface area contributed by atoms with Crippen molar-refractivity contribution >= 4 is 16.8 Å². The summed E-state index contributed by atoms with van der Waals surface area (Å²) in [6, 6.07) is 6.32. The second-order valence-corrected chi connectivity index (χ2v) is 6.25. The van der Waals surface area contributed by atoms with E-state index in [0.717, 1.165) is 16.5 Å². The lowest BCUT2D eigenvalue weighted by Gasteiger charge is -2.23. The molecule has 0 fully saturated rings. The Morgan fingerprint density at radius 1 is 1.25 bits per heavy atom. The summed E-state index contributed by atoms with van der Waals surface area (Å²) in [5.74, 6) is -0.632. The molecular weight excluding hydrogens is 305 g/mol. The van der Waals surface area contributed by atoms with Crippen molar-refractivity contribution in [1.29, 1.82) is 0 Å². The van der Waals surface area contributed by atoms with Gasteiger partial charge in [-0.25, -0.2) is 4.39 Å². The molecule has 3 aromatic rings. The smallest absolute Gasteiger partial charge is 0.256 e. The maximum absolute atomic E-state index is 13.8. The van der Waals surface area contributed by atoms with Crippen molar-refractivity contribution in [3.8, 4) is 5.69 Å². The molecule has 0 N–H and O–H groups in total. The van der Waals surface area contributed by atoms with Gasteiger partial charge in [0.1, 0.15) is 5.82 Å². The van der Waals surface area contributed by atoms with Gasteiger partial charge in [0.2, 0.25) is 0 Å². The molecule has 1 amide bonds. The molecule has 124 valence electrons. The number of aryl methyl sites for hydroxylation is 1. The van der Waals surface area contributed by atoms with E-state index >= 15 is 0 Å². The zero-order valence-electron chi connectivity index (χ0n) is 14.2. The van der Waals surface area contributed by atoms with E-state index in [1.165, 1.54) is 12.1 Å². The second kappa shape index (κ2) is 6.07. The highest BCUT2D eigenvalue weighted by atomic mass is 19.1. The standard InChI is InChI=1S/C19H20FN3O/c1-12(2)22(4)19(24)16-9-14(20)5-6-17(16)23-8-7-15-13(3)10-21-11-18(15)23/h5-12H,1-4H3. The van der Waals surface area contributed by atoms with Gasteiger partial charge < -0.3 is 9.47 Å². The molecular formula is C19H20FN3O. The fraction of sp³-hybridized carbons (Fsp3) is 0.263. The number of pyridine rings is 1. The Balaban J connectivity index is 2.21. The van der Waals surface area contributed by atoms with E-state index in [0.29, 0.717) is 11.3 Å². The van der Waals surface area contributed by atoms with Crippen LogP contribution in [-0.4, -0.2) is 33.4 Å². The predicted octanol–water partition coefficient (Wildman–Crippen LogP) is 3.95. The van der Waals surface area contributed by atoms with Crippen LogP contribution in [0.4, 0.5) is 4.39 Å². The van der Waals surface area contributed by atoms with Crippen LogP contribution in [0.25, 0.3) is 16.6 Å². The second-order valence-electron chi connectivity index (χ2n) is 6.25. The Bertz CT molecular complexity index is 914. The number of fused-ring (bicyclic) bond motifs is 1. The zero-order chi connectivity index (χ0) is 17.4. The predicted molar refractivity (Wildman–Crippen MR) is 93.0 cm³/mol. The molecule has 24 heavy (non-hydrogen) atoms. The van der Waals surface area contributed by atoms with E-state index in [-0.39, 0.29) is 11.9 Å². The molecule has 0 atom stereocenters. The molecule has 0 aliphatic heterocycles. The molecule has 0 aliphatic rings. The summed E-state index contributed by atoms with van der Waals surface area (Å²) in [6.07, 6.45) is 5.45. The van der Waals surface area contributed by atoms with Crippen molar-refractivity contribution in [3.63, 3.8) is 0 Å². The Labute approximate surface area is 140 Å². The highest BCUT2D eigenvalue weighted by Crippen LogP contribution is 2.26. The van der Waals surface area contributed by atoms with E-state index in [1.54, 1.807) is 30.4 Å². The number of hydrogen-bond acceptors (Lipinski definition) is 2. The van der Waals surface area contributed by atoms with Crippen molar-refractivity contribution in [1.82, 2.24) is 14.5 Å². The Morgan fingerprint density at radius 2 is 2.00 bits per heavy atom. The number of carbonyl (C=O) groups is 1. The molecule has 0 unspecified atom stereocenters. The van der Waals surface area contributed by atoms with E-state index in [1.807, 2.05) is 37.6 Å². The van der Waals surface area contributed by atoms with Gasteiger partial charge in [-0.15, -0.1) is 0 Å². The van der Waals surface area contributed by atoms with Crippen LogP contribution in [0.5, 0.6) is 0 Å². The first kappa shape index (κ1) is 16.2. The van der Waals surface area contributed by atoms with Crippen molar-refractivity contribution in [2.45, 2.75) is 26.8 Å². The van der Waals surface area contributed by atoms with Crippen molar-refractivity contribution in [3.05, 3.63) is 59.8 Å². The number of hydrogen-bond donors (Lipinski definition) is 0. The van der Waals surface area contributed by atoms with Crippen molar-refractivity contribution < 1.29 is 9.18 Å². The average Bonchev–Trinajstić information content (AvgIpc) is 2.98. The summed E-state index contributed by atoms with van der Waals surface area (Å²) < 4.78 is 15.7. The van der Waals surface area contributed by atoms with Crippen LogP contribution in [0.3, 0.4) is 0 Å². The molecule has 5 heteroatoms. The lowest BCUT2D eigenvalue weighted by Crippen LogP contribution is -2.33. The molecule has 0 saturated heterocycles. The molecule has 0 bridgehead atoms. The summed E-state index contributed by atoms with van der Waals surface area (Å²) in [5.41, 5.74) is 2.94. The van der Waals surface area contributed by atoms with Gasteiger partial charge in [0.05, 0.1) is 23.0 Å². The van der Waals surface area contributed by atoms with Crippen molar-refractivity contribution in [2.24, 2.45) is 0 Å². The SMILES string of the molecule is Cc1cncc2c1ccn2-c1ccc(F)cc1C(=O)N(C)C(C)C. The Kier molecular flexibility index (Phi) is 4.09. The molecule has 2 aromatic heterocycles. The summed E-state index contributed by atoms with van der Waals surface area (Å²) in [4.78, 5) is 18.6. The monoisotopic (exact) mass is 325 g/mol. The van der Waals surface area contributed by atoms with Crippen LogP contribution in [0.15, 0.2) is 42.9 Å². The number of carbonyl (C=O) groups excluding carboxylic acids is 1. The lowest BCUT2D eigenvalue weighted by atomic mass is 10.1. The summed E-state index contributed by atoms with van der Waals surface area (Å²) in [5, 5.41) is 1.06.